The Labute approximate surface area is 463 Å². The number of piperazine rings is 1. The summed E-state index contributed by atoms with van der Waals surface area (Å²) in [6, 6.07) is 36.7. The van der Waals surface area contributed by atoms with Gasteiger partial charge in [-0.15, -0.1) is 0 Å². The Bertz CT molecular complexity index is 3460. The number of hydrogen-bond donors (Lipinski definition) is 1. The Kier molecular flexibility index (Phi) is 16.0. The van der Waals surface area contributed by atoms with Crippen LogP contribution in [0.4, 0.5) is 15.8 Å². The molecule has 0 saturated carbocycles. The van der Waals surface area contributed by atoms with E-state index in [0.29, 0.717) is 46.4 Å². The molecule has 19 heteroatoms. The van der Waals surface area contributed by atoms with Crippen molar-refractivity contribution in [3.8, 4) is 28.7 Å². The standard InChI is InChI=1S/C60H62ClFN6O10S/c1-59(2)25-24-43(50(36-59)40-8-14-44(61)15-9-40)37-65-28-30-66(31-29-65)45-16-22-49(58(69)64-79(72,73)48-21-23-53(52(35-48)68(70)71)77-38-60(62)26-32-76-33-27-60)55(34-45)78-54-7-5-6-51-56(54)63-39-67(51)57(41-10-17-46(74-3)18-11-41)42-12-19-47(75-4)20-13-42/h5-23,34-35,39,57H,24-33,36-38H2,1-4H3,(H,64,69). The minimum atomic E-state index is -4.76. The largest absolute Gasteiger partial charge is 0.497 e. The van der Waals surface area contributed by atoms with Crippen LogP contribution in [-0.4, -0.2) is 106 Å². The number of aromatic nitrogens is 2. The van der Waals surface area contributed by atoms with Gasteiger partial charge in [0, 0.05) is 81.6 Å². The van der Waals surface area contributed by atoms with Gasteiger partial charge in [-0.1, -0.05) is 73.5 Å². The van der Waals surface area contributed by atoms with Crippen LogP contribution < -0.4 is 28.6 Å². The second-order valence-corrected chi connectivity index (χ2v) is 23.2. The van der Waals surface area contributed by atoms with Crippen LogP contribution in [0.1, 0.15) is 79.0 Å². The maximum absolute atomic E-state index is 15.4. The molecular weight excluding hydrogens is 1050 g/mol. The lowest BCUT2D eigenvalue weighted by molar-refractivity contribution is -0.386. The number of amides is 1. The zero-order chi connectivity index (χ0) is 55.5. The van der Waals surface area contributed by atoms with Gasteiger partial charge in [0.15, 0.2) is 11.5 Å². The van der Waals surface area contributed by atoms with Gasteiger partial charge in [0.25, 0.3) is 15.9 Å². The summed E-state index contributed by atoms with van der Waals surface area (Å²) >= 11 is 6.30. The molecular formula is C60H62ClFN6O10S. The fraction of sp³-hybridized carbons (Fsp3) is 0.333. The van der Waals surface area contributed by atoms with Crippen molar-refractivity contribution in [1.82, 2.24) is 19.2 Å². The molecule has 1 amide bonds. The average Bonchev–Trinajstić information content (AvgIpc) is 4.14. The number of carbonyl (C=O) groups excluding carboxylic acids is 1. The fourth-order valence-electron chi connectivity index (χ4n) is 10.7. The molecule has 10 rings (SSSR count). The maximum atomic E-state index is 15.4. The molecule has 2 aliphatic heterocycles. The average molecular weight is 1110 g/mol. The van der Waals surface area contributed by atoms with Gasteiger partial charge in [-0.05, 0) is 120 Å². The first-order valence-electron chi connectivity index (χ1n) is 26.2. The van der Waals surface area contributed by atoms with Gasteiger partial charge in [-0.2, -0.15) is 0 Å². The van der Waals surface area contributed by atoms with E-state index in [0.717, 1.165) is 73.9 Å². The van der Waals surface area contributed by atoms with Crippen molar-refractivity contribution in [3.63, 3.8) is 0 Å². The van der Waals surface area contributed by atoms with E-state index in [1.54, 1.807) is 38.7 Å². The van der Waals surface area contributed by atoms with Crippen molar-refractivity contribution in [2.24, 2.45) is 5.41 Å². The van der Waals surface area contributed by atoms with E-state index >= 15 is 4.39 Å². The number of hydrogen-bond acceptors (Lipinski definition) is 13. The topological polar surface area (TPSA) is 177 Å². The summed E-state index contributed by atoms with van der Waals surface area (Å²) in [4.78, 5) is 34.9. The first-order valence-corrected chi connectivity index (χ1v) is 28.1. The molecule has 6 aromatic carbocycles. The number of ether oxygens (including phenoxy) is 5. The zero-order valence-electron chi connectivity index (χ0n) is 44.5. The van der Waals surface area contributed by atoms with Crippen molar-refractivity contribution >= 4 is 55.5 Å². The molecule has 1 N–H and O–H groups in total. The van der Waals surface area contributed by atoms with E-state index in [1.165, 1.54) is 22.8 Å². The minimum absolute atomic E-state index is 0.0429. The third kappa shape index (κ3) is 12.4. The molecule has 2 saturated heterocycles. The molecule has 0 bridgehead atoms. The molecule has 0 spiro atoms. The molecule has 16 nitrogen and oxygen atoms in total. The van der Waals surface area contributed by atoms with E-state index in [-0.39, 0.29) is 54.6 Å². The number of carbonyl (C=O) groups is 1. The lowest BCUT2D eigenvalue weighted by atomic mass is 9.72. The second-order valence-electron chi connectivity index (χ2n) is 21.1. The monoisotopic (exact) mass is 1110 g/mol. The first-order chi connectivity index (χ1) is 38.0. The SMILES string of the molecule is COc1ccc(C(c2ccc(OC)cc2)n2cnc3c(Oc4cc(N5CCN(CC6=C(c7ccc(Cl)cc7)CC(C)(C)CC6)CC5)ccc4C(=O)NS(=O)(=O)c4ccc(OCC5(F)CCOCC5)c([N+](=O)[O-])c4)cccc32)cc1. The number of alkyl halides is 1. The van der Waals surface area contributed by atoms with Crippen LogP contribution in [-0.2, 0) is 14.8 Å². The predicted octanol–water partition coefficient (Wildman–Crippen LogP) is 11.8. The molecule has 412 valence electrons. The summed E-state index contributed by atoms with van der Waals surface area (Å²) in [6.45, 7) is 8.18. The number of allylic oxidation sites excluding steroid dienone is 1. The van der Waals surface area contributed by atoms with Crippen LogP contribution in [0.15, 0.2) is 144 Å². The van der Waals surface area contributed by atoms with E-state index in [4.69, 9.17) is 40.3 Å². The van der Waals surface area contributed by atoms with E-state index in [9.17, 15) is 23.3 Å². The highest BCUT2D eigenvalue weighted by Gasteiger charge is 2.35. The summed E-state index contributed by atoms with van der Waals surface area (Å²) in [5.74, 6) is 0.369. The molecule has 79 heavy (non-hydrogen) atoms. The zero-order valence-corrected chi connectivity index (χ0v) is 46.0. The maximum Gasteiger partial charge on any atom is 0.312 e. The van der Waals surface area contributed by atoms with Crippen LogP contribution in [0.25, 0.3) is 16.6 Å². The molecule has 3 heterocycles. The highest BCUT2D eigenvalue weighted by Crippen LogP contribution is 2.44. The highest BCUT2D eigenvalue weighted by molar-refractivity contribution is 7.90. The molecule has 7 aromatic rings. The first kappa shape index (κ1) is 54.8. The summed E-state index contributed by atoms with van der Waals surface area (Å²) in [5, 5.41) is 13.0. The number of para-hydroxylation sites is 1. The van der Waals surface area contributed by atoms with Crippen LogP contribution in [0.3, 0.4) is 0 Å². The quantitative estimate of drug-likeness (QED) is 0.0635. The summed E-state index contributed by atoms with van der Waals surface area (Å²) in [5.41, 5.74) is 5.40. The van der Waals surface area contributed by atoms with Gasteiger partial charge in [0.05, 0.1) is 47.5 Å². The number of nitrogens with zero attached hydrogens (tertiary/aromatic N) is 5. The van der Waals surface area contributed by atoms with Crippen molar-refractivity contribution in [2.45, 2.75) is 62.6 Å². The number of imidazole rings is 1. The van der Waals surface area contributed by atoms with Crippen molar-refractivity contribution in [1.29, 1.82) is 0 Å². The van der Waals surface area contributed by atoms with Crippen molar-refractivity contribution in [2.75, 3.05) is 71.7 Å². The number of nitro benzene ring substituents is 1. The molecule has 1 aliphatic carbocycles. The van der Waals surface area contributed by atoms with Crippen molar-refractivity contribution < 1.29 is 46.2 Å². The number of methoxy groups -OCH3 is 2. The number of nitrogens with one attached hydrogen (secondary N) is 1. The van der Waals surface area contributed by atoms with Crippen LogP contribution in [0.5, 0.6) is 28.7 Å². The second kappa shape index (κ2) is 23.1. The van der Waals surface area contributed by atoms with Crippen molar-refractivity contribution in [3.05, 3.63) is 177 Å². The number of sulfonamides is 1. The number of anilines is 1. The Morgan fingerprint density at radius 2 is 1.51 bits per heavy atom. The minimum Gasteiger partial charge on any atom is -0.497 e. The lowest BCUT2D eigenvalue weighted by Crippen LogP contribution is -2.47. The van der Waals surface area contributed by atoms with Crippen LogP contribution in [0, 0.1) is 15.5 Å². The number of rotatable bonds is 18. The van der Waals surface area contributed by atoms with Crippen LogP contribution in [0.2, 0.25) is 5.02 Å². The number of nitro groups is 1. The summed E-state index contributed by atoms with van der Waals surface area (Å²) < 4.78 is 76.2. The van der Waals surface area contributed by atoms with Crippen LogP contribution >= 0.6 is 11.6 Å². The molecule has 2 fully saturated rings. The Balaban J connectivity index is 0.958. The van der Waals surface area contributed by atoms with Gasteiger partial charge < -0.3 is 33.2 Å². The van der Waals surface area contributed by atoms with Gasteiger partial charge in [0.2, 0.25) is 0 Å². The van der Waals surface area contributed by atoms with E-state index in [2.05, 4.69) is 40.5 Å². The van der Waals surface area contributed by atoms with Gasteiger partial charge in [-0.3, -0.25) is 19.8 Å². The summed E-state index contributed by atoms with van der Waals surface area (Å²) in [7, 11) is -1.53. The highest BCUT2D eigenvalue weighted by atomic mass is 35.5. The predicted molar refractivity (Wildman–Crippen MR) is 301 cm³/mol. The number of halogens is 2. The summed E-state index contributed by atoms with van der Waals surface area (Å²) in [6.07, 6.45) is 4.90. The molecule has 0 unspecified atom stereocenters. The molecule has 0 radical (unpaired) electrons. The lowest BCUT2D eigenvalue weighted by Gasteiger charge is -2.39. The third-order valence-corrected chi connectivity index (χ3v) is 16.8. The van der Waals surface area contributed by atoms with E-state index < -0.39 is 43.7 Å². The molecule has 0 atom stereocenters. The number of benzene rings is 6. The van der Waals surface area contributed by atoms with E-state index in [1.807, 2.05) is 77.4 Å². The fourth-order valence-corrected chi connectivity index (χ4v) is 11.8. The Morgan fingerprint density at radius 3 is 2.15 bits per heavy atom. The Morgan fingerprint density at radius 1 is 0.835 bits per heavy atom. The normalized spacial score (nSPS) is 16.7. The smallest absolute Gasteiger partial charge is 0.312 e. The Hall–Kier alpha value is -7.51. The third-order valence-electron chi connectivity index (χ3n) is 15.2. The van der Waals surface area contributed by atoms with Gasteiger partial charge >= 0.3 is 5.69 Å². The molecule has 3 aliphatic rings. The number of fused-ring (bicyclic) bond motifs is 1. The van der Waals surface area contributed by atoms with Gasteiger partial charge in [0.1, 0.15) is 35.0 Å². The molecule has 1 aromatic heterocycles. The van der Waals surface area contributed by atoms with Gasteiger partial charge in [-0.25, -0.2) is 22.5 Å².